The van der Waals surface area contributed by atoms with Crippen molar-refractivity contribution in [1.29, 1.82) is 5.26 Å². The first kappa shape index (κ1) is 21.0. The van der Waals surface area contributed by atoms with Crippen LogP contribution in [-0.2, 0) is 23.9 Å². The molecule has 0 radical (unpaired) electrons. The van der Waals surface area contributed by atoms with Gasteiger partial charge in [-0.15, -0.1) is 0 Å². The summed E-state index contributed by atoms with van der Waals surface area (Å²) in [6.45, 7) is 2.68. The molecule has 0 saturated heterocycles. The van der Waals surface area contributed by atoms with Gasteiger partial charge in [0.1, 0.15) is 17.9 Å². The van der Waals surface area contributed by atoms with Gasteiger partial charge in [-0.3, -0.25) is 4.79 Å². The van der Waals surface area contributed by atoms with Gasteiger partial charge in [0.25, 0.3) is 5.91 Å². The maximum atomic E-state index is 11.9. The lowest BCUT2D eigenvalue weighted by Crippen LogP contribution is -2.47. The van der Waals surface area contributed by atoms with Crippen molar-refractivity contribution in [3.05, 3.63) is 29.8 Å². The summed E-state index contributed by atoms with van der Waals surface area (Å²) in [5, 5.41) is 11.4. The van der Waals surface area contributed by atoms with Crippen LogP contribution in [0.3, 0.4) is 0 Å². The molecular formula is C18H22N2O6. The molecule has 0 aliphatic carbocycles. The minimum atomic E-state index is -0.810. The summed E-state index contributed by atoms with van der Waals surface area (Å²) in [5.41, 5.74) is 0.285. The first-order chi connectivity index (χ1) is 12.4. The largest absolute Gasteiger partial charge is 0.481 e. The lowest BCUT2D eigenvalue weighted by atomic mass is 9.99. The van der Waals surface area contributed by atoms with Crippen molar-refractivity contribution in [3.63, 3.8) is 0 Å². The minimum Gasteiger partial charge on any atom is -0.481 e. The highest BCUT2D eigenvalue weighted by Crippen LogP contribution is 2.16. The van der Waals surface area contributed by atoms with E-state index in [2.05, 4.69) is 10.1 Å². The molecule has 0 bridgehead atoms. The number of benzene rings is 1. The third-order valence-corrected chi connectivity index (χ3v) is 3.70. The van der Waals surface area contributed by atoms with Crippen molar-refractivity contribution < 1.29 is 28.6 Å². The molecule has 0 spiro atoms. The summed E-state index contributed by atoms with van der Waals surface area (Å²) < 4.78 is 14.7. The molecule has 1 N–H and O–H groups in total. The fraction of sp³-hybridized carbons (Fsp3) is 0.444. The zero-order valence-electron chi connectivity index (χ0n) is 15.0. The second-order valence-corrected chi connectivity index (χ2v) is 5.51. The van der Waals surface area contributed by atoms with E-state index in [9.17, 15) is 14.4 Å². The van der Waals surface area contributed by atoms with Crippen LogP contribution in [0.2, 0.25) is 0 Å². The number of nitriles is 1. The van der Waals surface area contributed by atoms with Crippen LogP contribution < -0.4 is 10.1 Å². The molecule has 140 valence electrons. The van der Waals surface area contributed by atoms with Gasteiger partial charge in [-0.05, 0) is 18.1 Å². The average Bonchev–Trinajstić information content (AvgIpc) is 2.67. The molecule has 0 unspecified atom stereocenters. The molecule has 26 heavy (non-hydrogen) atoms. The van der Waals surface area contributed by atoms with Gasteiger partial charge in [0.05, 0.1) is 12.7 Å². The third-order valence-electron chi connectivity index (χ3n) is 3.70. The lowest BCUT2D eigenvalue weighted by molar-refractivity contribution is -0.152. The number of methoxy groups -OCH3 is 1. The summed E-state index contributed by atoms with van der Waals surface area (Å²) in [5.74, 6) is -1.83. The smallest absolute Gasteiger partial charge is 0.344 e. The van der Waals surface area contributed by atoms with Crippen LogP contribution >= 0.6 is 0 Å². The summed E-state index contributed by atoms with van der Waals surface area (Å²) in [4.78, 5) is 35.3. The highest BCUT2D eigenvalue weighted by Gasteiger charge is 2.26. The summed E-state index contributed by atoms with van der Waals surface area (Å²) >= 11 is 0. The Hall–Kier alpha value is -3.08. The number of carbonyl (C=O) groups excluding carboxylic acids is 3. The van der Waals surface area contributed by atoms with Gasteiger partial charge in [-0.25, -0.2) is 9.59 Å². The molecule has 1 rings (SSSR count). The predicted molar refractivity (Wildman–Crippen MR) is 91.0 cm³/mol. The zero-order chi connectivity index (χ0) is 19.5. The van der Waals surface area contributed by atoms with E-state index in [1.54, 1.807) is 31.2 Å². The van der Waals surface area contributed by atoms with Gasteiger partial charge in [-0.1, -0.05) is 32.4 Å². The Morgan fingerprint density at radius 2 is 1.92 bits per heavy atom. The SMILES string of the molecule is CC[C@H](C)[C@@H](NC(=O)COC(=O)COc1ccccc1C#N)C(=O)OC. The summed E-state index contributed by atoms with van der Waals surface area (Å²) in [6, 6.07) is 7.56. The second kappa shape index (κ2) is 10.7. The Labute approximate surface area is 152 Å². The van der Waals surface area contributed by atoms with Crippen molar-refractivity contribution in [1.82, 2.24) is 5.32 Å². The molecule has 8 nitrogen and oxygen atoms in total. The number of amides is 1. The maximum Gasteiger partial charge on any atom is 0.344 e. The number of para-hydroxylation sites is 1. The van der Waals surface area contributed by atoms with E-state index >= 15 is 0 Å². The van der Waals surface area contributed by atoms with Crippen LogP contribution in [0.4, 0.5) is 0 Å². The number of ether oxygens (including phenoxy) is 3. The van der Waals surface area contributed by atoms with Gasteiger partial charge in [-0.2, -0.15) is 5.26 Å². The first-order valence-electron chi connectivity index (χ1n) is 8.07. The van der Waals surface area contributed by atoms with Gasteiger partial charge in [0, 0.05) is 0 Å². The van der Waals surface area contributed by atoms with Crippen LogP contribution in [-0.4, -0.2) is 44.2 Å². The topological polar surface area (TPSA) is 115 Å². The summed E-state index contributed by atoms with van der Waals surface area (Å²) in [7, 11) is 1.24. The molecule has 8 heteroatoms. The average molecular weight is 362 g/mol. The van der Waals surface area contributed by atoms with Crippen molar-refractivity contribution in [2.24, 2.45) is 5.92 Å². The second-order valence-electron chi connectivity index (χ2n) is 5.51. The Kier molecular flexibility index (Phi) is 8.64. The molecule has 0 fully saturated rings. The van der Waals surface area contributed by atoms with Gasteiger partial charge >= 0.3 is 11.9 Å². The third kappa shape index (κ3) is 6.43. The number of hydrogen-bond acceptors (Lipinski definition) is 7. The number of nitrogens with zero attached hydrogens (tertiary/aromatic N) is 1. The number of carbonyl (C=O) groups is 3. The molecule has 0 aliphatic rings. The number of hydrogen-bond donors (Lipinski definition) is 1. The molecule has 1 amide bonds. The Balaban J connectivity index is 2.47. The predicted octanol–water partition coefficient (Wildman–Crippen LogP) is 1.18. The maximum absolute atomic E-state index is 11.9. The van der Waals surface area contributed by atoms with Crippen molar-refractivity contribution in [3.8, 4) is 11.8 Å². The van der Waals surface area contributed by atoms with Crippen LogP contribution in [0, 0.1) is 17.2 Å². The monoisotopic (exact) mass is 362 g/mol. The fourth-order valence-electron chi connectivity index (χ4n) is 2.02. The van der Waals surface area contributed by atoms with Crippen LogP contribution in [0.15, 0.2) is 24.3 Å². The van der Waals surface area contributed by atoms with E-state index in [1.807, 2.05) is 13.0 Å². The van der Waals surface area contributed by atoms with Crippen molar-refractivity contribution >= 4 is 17.8 Å². The molecule has 2 atom stereocenters. The van der Waals surface area contributed by atoms with Gasteiger partial charge < -0.3 is 19.5 Å². The van der Waals surface area contributed by atoms with Gasteiger partial charge in [0.2, 0.25) is 0 Å². The number of esters is 2. The molecule has 1 aromatic carbocycles. The van der Waals surface area contributed by atoms with Crippen molar-refractivity contribution in [2.45, 2.75) is 26.3 Å². The zero-order valence-corrected chi connectivity index (χ0v) is 15.0. The molecule has 0 aliphatic heterocycles. The van der Waals surface area contributed by atoms with E-state index in [0.29, 0.717) is 6.42 Å². The van der Waals surface area contributed by atoms with E-state index in [-0.39, 0.29) is 17.2 Å². The molecule has 1 aromatic rings. The highest BCUT2D eigenvalue weighted by molar-refractivity contribution is 5.86. The van der Waals surface area contributed by atoms with Crippen LogP contribution in [0.5, 0.6) is 5.75 Å². The summed E-state index contributed by atoms with van der Waals surface area (Å²) in [6.07, 6.45) is 0.659. The fourth-order valence-corrected chi connectivity index (χ4v) is 2.02. The number of nitrogens with one attached hydrogen (secondary N) is 1. The normalized spacial score (nSPS) is 12.2. The standard InChI is InChI=1S/C18H22N2O6/c1-4-12(2)17(18(23)24-3)20-15(21)10-26-16(22)11-25-14-8-6-5-7-13(14)9-19/h5-8,12,17H,4,10-11H2,1-3H3,(H,20,21)/t12-,17+/m0/s1. The van der Waals surface area contributed by atoms with E-state index in [1.165, 1.54) is 7.11 Å². The van der Waals surface area contributed by atoms with E-state index < -0.39 is 37.1 Å². The first-order valence-corrected chi connectivity index (χ1v) is 8.07. The van der Waals surface area contributed by atoms with Crippen LogP contribution in [0.1, 0.15) is 25.8 Å². The van der Waals surface area contributed by atoms with Gasteiger partial charge in [0.15, 0.2) is 13.2 Å². The molecule has 0 saturated carbocycles. The van der Waals surface area contributed by atoms with E-state index in [0.717, 1.165) is 0 Å². The lowest BCUT2D eigenvalue weighted by Gasteiger charge is -2.21. The minimum absolute atomic E-state index is 0.132. The highest BCUT2D eigenvalue weighted by atomic mass is 16.6. The van der Waals surface area contributed by atoms with Crippen LogP contribution in [0.25, 0.3) is 0 Å². The molecule has 0 heterocycles. The quantitative estimate of drug-likeness (QED) is 0.656. The number of rotatable bonds is 9. The van der Waals surface area contributed by atoms with Crippen molar-refractivity contribution in [2.75, 3.05) is 20.3 Å². The Morgan fingerprint density at radius 3 is 2.54 bits per heavy atom. The molecular weight excluding hydrogens is 340 g/mol. The Morgan fingerprint density at radius 1 is 1.23 bits per heavy atom. The van der Waals surface area contributed by atoms with E-state index in [4.69, 9.17) is 14.7 Å². The Bertz CT molecular complexity index is 683. The molecule has 0 aromatic heterocycles.